The van der Waals surface area contributed by atoms with E-state index in [1.807, 2.05) is 4.90 Å². The molecule has 0 N–H and O–H groups in total. The van der Waals surface area contributed by atoms with E-state index in [0.717, 1.165) is 32.7 Å². The van der Waals surface area contributed by atoms with E-state index in [1.54, 1.807) is 0 Å². The molecule has 0 spiro atoms. The van der Waals surface area contributed by atoms with Crippen LogP contribution in [0.25, 0.3) is 0 Å². The maximum Gasteiger partial charge on any atom is 0.223 e. The van der Waals surface area contributed by atoms with Crippen LogP contribution in [0.5, 0.6) is 0 Å². The summed E-state index contributed by atoms with van der Waals surface area (Å²) in [6, 6.07) is 0. The van der Waals surface area contributed by atoms with Crippen LogP contribution in [0.2, 0.25) is 0 Å². The summed E-state index contributed by atoms with van der Waals surface area (Å²) in [5.74, 6) is 1.34. The van der Waals surface area contributed by atoms with Crippen molar-refractivity contribution in [2.75, 3.05) is 38.6 Å². The predicted octanol–water partition coefficient (Wildman–Crippen LogP) is 1.42. The fourth-order valence-electron chi connectivity index (χ4n) is 1.94. The number of hydrogen-bond donors (Lipinski definition) is 0. The molecule has 0 aromatic rings. The highest BCUT2D eigenvalue weighted by Gasteiger charge is 2.20. The van der Waals surface area contributed by atoms with Crippen molar-refractivity contribution in [2.45, 2.75) is 20.3 Å². The van der Waals surface area contributed by atoms with Crippen molar-refractivity contribution in [1.29, 1.82) is 0 Å². The number of carbonyl (C=O) groups excluding carboxylic acids is 1. The van der Waals surface area contributed by atoms with Crippen LogP contribution in [0.4, 0.5) is 0 Å². The molecule has 88 valence electrons. The van der Waals surface area contributed by atoms with Crippen LogP contribution in [0.15, 0.2) is 0 Å². The molecule has 0 unspecified atom stereocenters. The topological polar surface area (TPSA) is 23.6 Å². The maximum atomic E-state index is 11.5. The van der Waals surface area contributed by atoms with Gasteiger partial charge in [0.05, 0.1) is 0 Å². The minimum Gasteiger partial charge on any atom is -0.340 e. The van der Waals surface area contributed by atoms with Gasteiger partial charge in [0.15, 0.2) is 0 Å². The molecule has 1 rings (SSSR count). The van der Waals surface area contributed by atoms with E-state index in [0.29, 0.717) is 18.2 Å². The van der Waals surface area contributed by atoms with Gasteiger partial charge in [-0.15, -0.1) is 11.6 Å². The first-order valence-corrected chi connectivity index (χ1v) is 6.23. The Morgan fingerprint density at radius 1 is 1.27 bits per heavy atom. The Morgan fingerprint density at radius 3 is 2.33 bits per heavy atom. The van der Waals surface area contributed by atoms with E-state index in [-0.39, 0.29) is 5.91 Å². The lowest BCUT2D eigenvalue weighted by Crippen LogP contribution is -2.49. The molecule has 1 saturated heterocycles. The first-order valence-electron chi connectivity index (χ1n) is 5.69. The highest BCUT2D eigenvalue weighted by atomic mass is 35.5. The van der Waals surface area contributed by atoms with Crippen LogP contribution in [0.3, 0.4) is 0 Å². The first-order chi connectivity index (χ1) is 7.13. The van der Waals surface area contributed by atoms with Crippen molar-refractivity contribution in [1.82, 2.24) is 9.80 Å². The third kappa shape index (κ3) is 4.39. The largest absolute Gasteiger partial charge is 0.340 e. The lowest BCUT2D eigenvalue weighted by atomic mass is 10.2. The molecule has 3 nitrogen and oxygen atoms in total. The van der Waals surface area contributed by atoms with Gasteiger partial charge in [-0.3, -0.25) is 9.69 Å². The van der Waals surface area contributed by atoms with Gasteiger partial charge in [0, 0.05) is 45.0 Å². The number of alkyl halides is 1. The third-order valence-electron chi connectivity index (χ3n) is 2.66. The summed E-state index contributed by atoms with van der Waals surface area (Å²) < 4.78 is 0. The summed E-state index contributed by atoms with van der Waals surface area (Å²) in [6.07, 6.45) is 0.478. The van der Waals surface area contributed by atoms with E-state index in [4.69, 9.17) is 11.6 Å². The molecule has 0 atom stereocenters. The molecule has 1 fully saturated rings. The van der Waals surface area contributed by atoms with Crippen molar-refractivity contribution in [2.24, 2.45) is 5.92 Å². The number of amides is 1. The maximum absolute atomic E-state index is 11.5. The van der Waals surface area contributed by atoms with Crippen molar-refractivity contribution in [3.05, 3.63) is 0 Å². The third-order valence-corrected chi connectivity index (χ3v) is 2.85. The molecule has 1 aliphatic rings. The summed E-state index contributed by atoms with van der Waals surface area (Å²) in [5, 5.41) is 0. The van der Waals surface area contributed by atoms with E-state index in [1.165, 1.54) is 0 Å². The Bertz CT molecular complexity index is 201. The van der Waals surface area contributed by atoms with Crippen molar-refractivity contribution in [3.8, 4) is 0 Å². The number of nitrogens with zero attached hydrogens (tertiary/aromatic N) is 2. The monoisotopic (exact) mass is 232 g/mol. The van der Waals surface area contributed by atoms with E-state index < -0.39 is 0 Å². The Kier molecular flexibility index (Phi) is 5.40. The van der Waals surface area contributed by atoms with Crippen LogP contribution >= 0.6 is 11.6 Å². The lowest BCUT2D eigenvalue weighted by molar-refractivity contribution is -0.132. The second kappa shape index (κ2) is 6.33. The van der Waals surface area contributed by atoms with Gasteiger partial charge in [-0.05, 0) is 5.92 Å². The molecule has 0 saturated carbocycles. The average Bonchev–Trinajstić information content (AvgIpc) is 2.18. The molecule has 0 radical (unpaired) electrons. The van der Waals surface area contributed by atoms with Crippen LogP contribution in [-0.2, 0) is 4.79 Å². The number of piperazine rings is 1. The quantitative estimate of drug-likeness (QED) is 0.685. The fourth-order valence-corrected chi connectivity index (χ4v) is 2.10. The summed E-state index contributed by atoms with van der Waals surface area (Å²) in [4.78, 5) is 15.9. The second-order valence-corrected chi connectivity index (χ2v) is 4.89. The van der Waals surface area contributed by atoms with Gasteiger partial charge in [0.1, 0.15) is 0 Å². The zero-order chi connectivity index (χ0) is 11.3. The van der Waals surface area contributed by atoms with Crippen LogP contribution in [0, 0.1) is 5.92 Å². The number of carbonyl (C=O) groups is 1. The van der Waals surface area contributed by atoms with E-state index >= 15 is 0 Å². The second-order valence-electron chi connectivity index (χ2n) is 4.51. The van der Waals surface area contributed by atoms with Gasteiger partial charge in [0.2, 0.25) is 5.91 Å². The molecule has 1 amide bonds. The van der Waals surface area contributed by atoms with Crippen LogP contribution in [-0.4, -0.2) is 54.3 Å². The number of hydrogen-bond acceptors (Lipinski definition) is 2. The normalized spacial score (nSPS) is 18.5. The Hall–Kier alpha value is -0.280. The van der Waals surface area contributed by atoms with Gasteiger partial charge in [-0.1, -0.05) is 13.8 Å². The smallest absolute Gasteiger partial charge is 0.223 e. The van der Waals surface area contributed by atoms with Crippen LogP contribution in [0.1, 0.15) is 20.3 Å². The zero-order valence-corrected chi connectivity index (χ0v) is 10.5. The van der Waals surface area contributed by atoms with Crippen LogP contribution < -0.4 is 0 Å². The van der Waals surface area contributed by atoms with E-state index in [9.17, 15) is 4.79 Å². The Morgan fingerprint density at radius 2 is 1.87 bits per heavy atom. The molecule has 0 aliphatic carbocycles. The molecule has 0 aromatic heterocycles. The van der Waals surface area contributed by atoms with Crippen molar-refractivity contribution in [3.63, 3.8) is 0 Å². The highest BCUT2D eigenvalue weighted by molar-refractivity contribution is 6.18. The Labute approximate surface area is 97.4 Å². The molecule has 4 heteroatoms. The highest BCUT2D eigenvalue weighted by Crippen LogP contribution is 2.06. The zero-order valence-electron chi connectivity index (χ0n) is 9.71. The van der Waals surface area contributed by atoms with Gasteiger partial charge >= 0.3 is 0 Å². The lowest BCUT2D eigenvalue weighted by Gasteiger charge is -2.35. The number of halogens is 1. The first kappa shape index (κ1) is 12.8. The predicted molar refractivity (Wildman–Crippen MR) is 63.2 cm³/mol. The van der Waals surface area contributed by atoms with Gasteiger partial charge in [0.25, 0.3) is 0 Å². The Balaban J connectivity index is 2.26. The summed E-state index contributed by atoms with van der Waals surface area (Å²) in [6.45, 7) is 9.33. The van der Waals surface area contributed by atoms with Gasteiger partial charge < -0.3 is 4.90 Å². The summed E-state index contributed by atoms with van der Waals surface area (Å²) >= 11 is 5.56. The molecule has 0 bridgehead atoms. The summed E-state index contributed by atoms with van der Waals surface area (Å²) in [5.41, 5.74) is 0. The molecule has 1 heterocycles. The van der Waals surface area contributed by atoms with Gasteiger partial charge in [-0.25, -0.2) is 0 Å². The summed E-state index contributed by atoms with van der Waals surface area (Å²) in [7, 11) is 0. The molecule has 15 heavy (non-hydrogen) atoms. The van der Waals surface area contributed by atoms with Gasteiger partial charge in [-0.2, -0.15) is 0 Å². The van der Waals surface area contributed by atoms with Crippen molar-refractivity contribution >= 4 is 17.5 Å². The molecule has 0 aromatic carbocycles. The SMILES string of the molecule is CC(C)CN1CCN(C(=O)CCCl)CC1. The van der Waals surface area contributed by atoms with Crippen molar-refractivity contribution < 1.29 is 4.79 Å². The molecule has 1 aliphatic heterocycles. The minimum absolute atomic E-state index is 0.203. The minimum atomic E-state index is 0.203. The fraction of sp³-hybridized carbons (Fsp3) is 0.909. The molecular formula is C11H21ClN2O. The molecular weight excluding hydrogens is 212 g/mol. The standard InChI is InChI=1S/C11H21ClN2O/c1-10(2)9-13-5-7-14(8-6-13)11(15)3-4-12/h10H,3-9H2,1-2H3. The average molecular weight is 233 g/mol. The van der Waals surface area contributed by atoms with E-state index in [2.05, 4.69) is 18.7 Å². The number of rotatable bonds is 4.